The summed E-state index contributed by atoms with van der Waals surface area (Å²) >= 11 is 5.90. The number of anilines is 2. The van der Waals surface area contributed by atoms with Gasteiger partial charge in [0.15, 0.2) is 0 Å². The van der Waals surface area contributed by atoms with Crippen LogP contribution in [0, 0.1) is 0 Å². The molecule has 0 aromatic heterocycles. The van der Waals surface area contributed by atoms with Crippen molar-refractivity contribution in [2.45, 2.75) is 24.7 Å². The molecule has 34 heavy (non-hydrogen) atoms. The van der Waals surface area contributed by atoms with Crippen LogP contribution in [0.3, 0.4) is 0 Å². The number of hydrogen-bond donors (Lipinski definition) is 1. The van der Waals surface area contributed by atoms with E-state index in [1.165, 1.54) is 16.4 Å². The van der Waals surface area contributed by atoms with Crippen molar-refractivity contribution in [1.29, 1.82) is 0 Å². The Hall–Kier alpha value is -3.36. The summed E-state index contributed by atoms with van der Waals surface area (Å²) in [4.78, 5) is 24.7. The monoisotopic (exact) mass is 498 g/mol. The Kier molecular flexibility index (Phi) is 6.90. The van der Waals surface area contributed by atoms with E-state index in [4.69, 9.17) is 16.3 Å². The van der Waals surface area contributed by atoms with Crippen LogP contribution in [0.1, 0.15) is 39.6 Å². The first-order chi connectivity index (χ1) is 16.3. The van der Waals surface area contributed by atoms with E-state index in [1.54, 1.807) is 61.5 Å². The highest BCUT2D eigenvalue weighted by Gasteiger charge is 2.29. The maximum atomic E-state index is 13.2. The number of halogens is 1. The fraction of sp³-hybridized carbons (Fsp3) is 0.200. The van der Waals surface area contributed by atoms with Gasteiger partial charge in [-0.15, -0.1) is 0 Å². The number of carbonyl (C=O) groups is 2. The van der Waals surface area contributed by atoms with Crippen molar-refractivity contribution in [3.63, 3.8) is 0 Å². The minimum atomic E-state index is -3.75. The molecule has 0 saturated heterocycles. The number of fused-ring (bicyclic) bond motifs is 1. The Morgan fingerprint density at radius 3 is 2.35 bits per heavy atom. The van der Waals surface area contributed by atoms with Crippen LogP contribution in [0.15, 0.2) is 71.6 Å². The number of benzene rings is 3. The van der Waals surface area contributed by atoms with Gasteiger partial charge in [-0.05, 0) is 92.1 Å². The molecule has 4 rings (SSSR count). The van der Waals surface area contributed by atoms with Gasteiger partial charge in [-0.25, -0.2) is 13.2 Å². The Balaban J connectivity index is 1.53. The van der Waals surface area contributed by atoms with E-state index < -0.39 is 16.0 Å². The van der Waals surface area contributed by atoms with Crippen molar-refractivity contribution in [3.8, 4) is 0 Å². The molecule has 1 heterocycles. The second-order valence-corrected chi connectivity index (χ2v) is 10.0. The van der Waals surface area contributed by atoms with Gasteiger partial charge in [-0.3, -0.25) is 9.10 Å². The lowest BCUT2D eigenvalue weighted by Crippen LogP contribution is -2.35. The van der Waals surface area contributed by atoms with Gasteiger partial charge in [0.25, 0.3) is 15.9 Å². The molecule has 0 spiro atoms. The number of rotatable bonds is 6. The largest absolute Gasteiger partial charge is 0.462 e. The molecule has 7 nitrogen and oxygen atoms in total. The number of ether oxygens (including phenoxy) is 1. The van der Waals surface area contributed by atoms with Gasteiger partial charge < -0.3 is 10.1 Å². The summed E-state index contributed by atoms with van der Waals surface area (Å²) in [5, 5.41) is 3.26. The van der Waals surface area contributed by atoms with E-state index in [9.17, 15) is 18.0 Å². The third-order valence-corrected chi connectivity index (χ3v) is 7.55. The molecular formula is C25H23ClN2O5S. The lowest BCUT2D eigenvalue weighted by Gasteiger charge is -2.30. The quantitative estimate of drug-likeness (QED) is 0.487. The minimum absolute atomic E-state index is 0.165. The van der Waals surface area contributed by atoms with Gasteiger partial charge in [-0.1, -0.05) is 11.6 Å². The molecule has 0 radical (unpaired) electrons. The zero-order valence-electron chi connectivity index (χ0n) is 18.5. The van der Waals surface area contributed by atoms with E-state index in [1.807, 2.05) is 0 Å². The van der Waals surface area contributed by atoms with Gasteiger partial charge in [-0.2, -0.15) is 0 Å². The summed E-state index contributed by atoms with van der Waals surface area (Å²) in [6, 6.07) is 17.5. The third kappa shape index (κ3) is 4.93. The Bertz CT molecular complexity index is 1320. The third-order valence-electron chi connectivity index (χ3n) is 5.47. The molecule has 0 fully saturated rings. The van der Waals surface area contributed by atoms with E-state index in [-0.39, 0.29) is 17.4 Å². The molecule has 3 aromatic rings. The van der Waals surface area contributed by atoms with Crippen LogP contribution in [0.4, 0.5) is 11.4 Å². The van der Waals surface area contributed by atoms with E-state index in [2.05, 4.69) is 5.32 Å². The van der Waals surface area contributed by atoms with Crippen LogP contribution in [0.2, 0.25) is 5.02 Å². The first kappa shape index (κ1) is 23.8. The zero-order chi connectivity index (χ0) is 24.3. The Morgan fingerprint density at radius 2 is 1.68 bits per heavy atom. The second kappa shape index (κ2) is 9.87. The molecule has 0 aliphatic carbocycles. The molecule has 3 aromatic carbocycles. The van der Waals surface area contributed by atoms with Gasteiger partial charge in [0.05, 0.1) is 22.8 Å². The molecule has 176 valence electrons. The smallest absolute Gasteiger partial charge is 0.338 e. The summed E-state index contributed by atoms with van der Waals surface area (Å²) in [7, 11) is -3.75. The maximum Gasteiger partial charge on any atom is 0.338 e. The lowest BCUT2D eigenvalue weighted by atomic mass is 10.0. The maximum absolute atomic E-state index is 13.2. The standard InChI is InChI=1S/C25H23ClN2O5S/c1-2-33-25(30)17-5-10-21(11-6-17)27-24(29)19-7-14-23-18(16-19)4-3-15-28(23)34(31,32)22-12-8-20(26)9-13-22/h5-14,16H,2-4,15H2,1H3,(H,27,29). The number of nitrogens with one attached hydrogen (secondary N) is 1. The molecule has 1 N–H and O–H groups in total. The number of esters is 1. The van der Waals surface area contributed by atoms with E-state index >= 15 is 0 Å². The lowest BCUT2D eigenvalue weighted by molar-refractivity contribution is 0.0526. The molecule has 0 unspecified atom stereocenters. The summed E-state index contributed by atoms with van der Waals surface area (Å²) in [6.45, 7) is 2.38. The normalized spacial score (nSPS) is 13.2. The van der Waals surface area contributed by atoms with Crippen LogP contribution in [0.5, 0.6) is 0 Å². The number of hydrogen-bond acceptors (Lipinski definition) is 5. The zero-order valence-corrected chi connectivity index (χ0v) is 20.0. The Labute approximate surface area is 203 Å². The molecule has 0 bridgehead atoms. The minimum Gasteiger partial charge on any atom is -0.462 e. The number of amides is 1. The summed E-state index contributed by atoms with van der Waals surface area (Å²) in [5.74, 6) is -0.752. The molecule has 1 amide bonds. The van der Waals surface area contributed by atoms with Crippen molar-refractivity contribution >= 4 is 44.9 Å². The van der Waals surface area contributed by atoms with E-state index in [0.29, 0.717) is 46.9 Å². The van der Waals surface area contributed by atoms with Crippen LogP contribution >= 0.6 is 11.6 Å². The summed E-state index contributed by atoms with van der Waals surface area (Å²) in [6.07, 6.45) is 1.30. The van der Waals surface area contributed by atoms with Crippen LogP contribution in [-0.4, -0.2) is 33.4 Å². The first-order valence-corrected chi connectivity index (χ1v) is 12.6. The fourth-order valence-corrected chi connectivity index (χ4v) is 5.46. The predicted molar refractivity (Wildman–Crippen MR) is 131 cm³/mol. The Morgan fingerprint density at radius 1 is 1.00 bits per heavy atom. The van der Waals surface area contributed by atoms with Crippen molar-refractivity contribution in [1.82, 2.24) is 0 Å². The number of sulfonamides is 1. The SMILES string of the molecule is CCOC(=O)c1ccc(NC(=O)c2ccc3c(c2)CCCN3S(=O)(=O)c2ccc(Cl)cc2)cc1. The predicted octanol–water partition coefficient (Wildman–Crippen LogP) is 4.91. The molecule has 0 saturated carbocycles. The topological polar surface area (TPSA) is 92.8 Å². The van der Waals surface area contributed by atoms with Gasteiger partial charge in [0, 0.05) is 22.8 Å². The molecule has 0 atom stereocenters. The first-order valence-electron chi connectivity index (χ1n) is 10.8. The highest BCUT2D eigenvalue weighted by Crippen LogP contribution is 2.33. The van der Waals surface area contributed by atoms with Crippen LogP contribution < -0.4 is 9.62 Å². The summed E-state index contributed by atoms with van der Waals surface area (Å²) in [5.41, 5.74) is 2.70. The molecule has 1 aliphatic heterocycles. The van der Waals surface area contributed by atoms with E-state index in [0.717, 1.165) is 5.56 Å². The number of nitrogens with zero attached hydrogens (tertiary/aromatic N) is 1. The van der Waals surface area contributed by atoms with Gasteiger partial charge >= 0.3 is 5.97 Å². The van der Waals surface area contributed by atoms with Crippen molar-refractivity contribution in [3.05, 3.63) is 88.4 Å². The fourth-order valence-electron chi connectivity index (χ4n) is 3.79. The summed E-state index contributed by atoms with van der Waals surface area (Å²) < 4.78 is 32.8. The van der Waals surface area contributed by atoms with Crippen LogP contribution in [-0.2, 0) is 21.2 Å². The molecule has 1 aliphatic rings. The molecular weight excluding hydrogens is 476 g/mol. The average molecular weight is 499 g/mol. The van der Waals surface area contributed by atoms with Gasteiger partial charge in [0.2, 0.25) is 0 Å². The number of carbonyl (C=O) groups excluding carboxylic acids is 2. The van der Waals surface area contributed by atoms with Crippen LogP contribution in [0.25, 0.3) is 0 Å². The van der Waals surface area contributed by atoms with Gasteiger partial charge in [0.1, 0.15) is 0 Å². The number of aryl methyl sites for hydroxylation is 1. The van der Waals surface area contributed by atoms with Crippen molar-refractivity contribution < 1.29 is 22.7 Å². The second-order valence-electron chi connectivity index (χ2n) is 7.73. The highest BCUT2D eigenvalue weighted by molar-refractivity contribution is 7.92. The highest BCUT2D eigenvalue weighted by atomic mass is 35.5. The molecule has 9 heteroatoms. The van der Waals surface area contributed by atoms with Crippen molar-refractivity contribution in [2.75, 3.05) is 22.8 Å². The average Bonchev–Trinajstić information content (AvgIpc) is 2.84. The van der Waals surface area contributed by atoms with Crippen molar-refractivity contribution in [2.24, 2.45) is 0 Å².